The molecular weight excluding hydrogens is 278 g/mol. The summed E-state index contributed by atoms with van der Waals surface area (Å²) in [5.41, 5.74) is 0.965. The van der Waals surface area contributed by atoms with Crippen LogP contribution in [0.15, 0.2) is 29.2 Å². The number of alkyl halides is 2. The van der Waals surface area contributed by atoms with Gasteiger partial charge in [0.05, 0.1) is 5.69 Å². The SMILES string of the molecule is FC(F)Sc1ccccc1N1CCCNC(C2CC2)C1. The second-order valence-electron chi connectivity index (χ2n) is 5.54. The van der Waals surface area contributed by atoms with Crippen LogP contribution in [-0.4, -0.2) is 31.4 Å². The van der Waals surface area contributed by atoms with Gasteiger partial charge in [0, 0.05) is 24.0 Å². The van der Waals surface area contributed by atoms with Crippen molar-refractivity contribution in [1.82, 2.24) is 5.32 Å². The van der Waals surface area contributed by atoms with Gasteiger partial charge in [-0.05, 0) is 43.9 Å². The molecule has 20 heavy (non-hydrogen) atoms. The Balaban J connectivity index is 1.79. The van der Waals surface area contributed by atoms with Crippen LogP contribution in [0.4, 0.5) is 14.5 Å². The minimum absolute atomic E-state index is 0.516. The largest absolute Gasteiger partial charge is 0.369 e. The fourth-order valence-electron chi connectivity index (χ4n) is 2.90. The summed E-state index contributed by atoms with van der Waals surface area (Å²) in [6, 6.07) is 8.07. The molecule has 0 radical (unpaired) electrons. The summed E-state index contributed by atoms with van der Waals surface area (Å²) >= 11 is 0.655. The number of rotatable bonds is 4. The quantitative estimate of drug-likeness (QED) is 0.855. The third-order valence-electron chi connectivity index (χ3n) is 4.04. The molecule has 1 heterocycles. The fourth-order valence-corrected chi connectivity index (χ4v) is 3.56. The topological polar surface area (TPSA) is 15.3 Å². The Morgan fingerprint density at radius 2 is 2.05 bits per heavy atom. The third-order valence-corrected chi connectivity index (χ3v) is 4.82. The number of nitrogens with zero attached hydrogens (tertiary/aromatic N) is 1. The molecule has 110 valence electrons. The fraction of sp³-hybridized carbons (Fsp3) is 0.600. The first-order valence-electron chi connectivity index (χ1n) is 7.26. The standard InChI is InChI=1S/C15H20F2N2S/c16-15(17)20-14-5-2-1-4-13(14)19-9-3-8-18-12(10-19)11-6-7-11/h1-2,4-5,11-12,15,18H,3,6-10H2. The number of halogens is 2. The van der Waals surface area contributed by atoms with Gasteiger partial charge in [0.15, 0.2) is 0 Å². The highest BCUT2D eigenvalue weighted by atomic mass is 32.2. The molecule has 1 aromatic rings. The van der Waals surface area contributed by atoms with Crippen molar-refractivity contribution in [3.63, 3.8) is 0 Å². The molecule has 0 amide bonds. The van der Waals surface area contributed by atoms with Crippen LogP contribution < -0.4 is 10.2 Å². The number of para-hydroxylation sites is 1. The smallest absolute Gasteiger partial charge is 0.288 e. The molecule has 2 nitrogen and oxygen atoms in total. The zero-order valence-electron chi connectivity index (χ0n) is 11.4. The number of hydrogen-bond donors (Lipinski definition) is 1. The molecule has 1 unspecified atom stereocenters. The molecule has 2 fully saturated rings. The zero-order chi connectivity index (χ0) is 13.9. The minimum atomic E-state index is -2.36. The van der Waals surface area contributed by atoms with Crippen LogP contribution >= 0.6 is 11.8 Å². The highest BCUT2D eigenvalue weighted by molar-refractivity contribution is 7.99. The molecule has 1 saturated carbocycles. The molecule has 1 atom stereocenters. The van der Waals surface area contributed by atoms with Gasteiger partial charge in [0.2, 0.25) is 0 Å². The molecule has 1 aromatic carbocycles. The molecule has 0 aromatic heterocycles. The van der Waals surface area contributed by atoms with Crippen molar-refractivity contribution in [1.29, 1.82) is 0 Å². The number of anilines is 1. The summed E-state index contributed by atoms with van der Waals surface area (Å²) in [5.74, 6) is -1.58. The van der Waals surface area contributed by atoms with Crippen molar-refractivity contribution in [3.8, 4) is 0 Å². The van der Waals surface area contributed by atoms with Gasteiger partial charge in [-0.25, -0.2) is 0 Å². The Morgan fingerprint density at radius 3 is 2.80 bits per heavy atom. The van der Waals surface area contributed by atoms with Crippen molar-refractivity contribution in [2.24, 2.45) is 5.92 Å². The maximum absolute atomic E-state index is 12.7. The van der Waals surface area contributed by atoms with E-state index < -0.39 is 5.76 Å². The van der Waals surface area contributed by atoms with Crippen molar-refractivity contribution >= 4 is 17.4 Å². The minimum Gasteiger partial charge on any atom is -0.369 e. The van der Waals surface area contributed by atoms with E-state index in [1.807, 2.05) is 18.2 Å². The van der Waals surface area contributed by atoms with Crippen LogP contribution in [0.25, 0.3) is 0 Å². The van der Waals surface area contributed by atoms with Crippen molar-refractivity contribution in [2.75, 3.05) is 24.5 Å². The predicted octanol–water partition coefficient (Wildman–Crippen LogP) is 3.58. The Kier molecular flexibility index (Phi) is 4.46. The summed E-state index contributed by atoms with van der Waals surface area (Å²) < 4.78 is 25.4. The molecular formula is C15H20F2N2S. The second kappa shape index (κ2) is 6.31. The molecule has 1 aliphatic heterocycles. The monoisotopic (exact) mass is 298 g/mol. The first-order chi connectivity index (χ1) is 9.74. The van der Waals surface area contributed by atoms with E-state index >= 15 is 0 Å². The van der Waals surface area contributed by atoms with E-state index in [0.29, 0.717) is 22.7 Å². The van der Waals surface area contributed by atoms with Gasteiger partial charge in [-0.2, -0.15) is 8.78 Å². The van der Waals surface area contributed by atoms with Gasteiger partial charge >= 0.3 is 0 Å². The predicted molar refractivity (Wildman–Crippen MR) is 79.6 cm³/mol. The lowest BCUT2D eigenvalue weighted by atomic mass is 10.1. The van der Waals surface area contributed by atoms with Crippen LogP contribution in [-0.2, 0) is 0 Å². The van der Waals surface area contributed by atoms with Crippen LogP contribution in [0.2, 0.25) is 0 Å². The molecule has 1 N–H and O–H groups in total. The lowest BCUT2D eigenvalue weighted by Gasteiger charge is -2.28. The van der Waals surface area contributed by atoms with Crippen molar-refractivity contribution < 1.29 is 8.78 Å². The van der Waals surface area contributed by atoms with Gasteiger partial charge in [0.25, 0.3) is 5.76 Å². The number of benzene rings is 1. The summed E-state index contributed by atoms with van der Waals surface area (Å²) in [6.45, 7) is 2.91. The van der Waals surface area contributed by atoms with E-state index in [1.165, 1.54) is 12.8 Å². The van der Waals surface area contributed by atoms with E-state index in [9.17, 15) is 8.78 Å². The zero-order valence-corrected chi connectivity index (χ0v) is 12.2. The van der Waals surface area contributed by atoms with Crippen molar-refractivity contribution in [2.45, 2.75) is 36.0 Å². The maximum Gasteiger partial charge on any atom is 0.288 e. The van der Waals surface area contributed by atoms with Gasteiger partial charge < -0.3 is 10.2 Å². The molecule has 3 rings (SSSR count). The van der Waals surface area contributed by atoms with E-state index in [0.717, 1.165) is 37.7 Å². The second-order valence-corrected chi connectivity index (χ2v) is 6.58. The number of nitrogens with one attached hydrogen (secondary N) is 1. The van der Waals surface area contributed by atoms with Crippen LogP contribution in [0.5, 0.6) is 0 Å². The lowest BCUT2D eigenvalue weighted by molar-refractivity contribution is 0.252. The van der Waals surface area contributed by atoms with Crippen LogP contribution in [0.1, 0.15) is 19.3 Å². The normalized spacial score (nSPS) is 23.9. The molecule has 0 spiro atoms. The van der Waals surface area contributed by atoms with Gasteiger partial charge in [-0.15, -0.1) is 0 Å². The Morgan fingerprint density at radius 1 is 1.25 bits per heavy atom. The molecule has 2 aliphatic rings. The molecule has 0 bridgehead atoms. The van der Waals surface area contributed by atoms with E-state index in [2.05, 4.69) is 10.2 Å². The van der Waals surface area contributed by atoms with Gasteiger partial charge in [-0.1, -0.05) is 23.9 Å². The van der Waals surface area contributed by atoms with E-state index in [4.69, 9.17) is 0 Å². The van der Waals surface area contributed by atoms with E-state index in [1.54, 1.807) is 6.07 Å². The molecule has 1 saturated heterocycles. The number of thioether (sulfide) groups is 1. The van der Waals surface area contributed by atoms with Gasteiger partial charge in [-0.3, -0.25) is 0 Å². The first kappa shape index (κ1) is 14.1. The van der Waals surface area contributed by atoms with Crippen molar-refractivity contribution in [3.05, 3.63) is 24.3 Å². The Labute approximate surface area is 122 Å². The summed E-state index contributed by atoms with van der Waals surface area (Å²) in [5, 5.41) is 3.61. The number of hydrogen-bond acceptors (Lipinski definition) is 3. The first-order valence-corrected chi connectivity index (χ1v) is 8.14. The summed E-state index contributed by atoms with van der Waals surface area (Å²) in [4.78, 5) is 2.98. The summed E-state index contributed by atoms with van der Waals surface area (Å²) in [6.07, 6.45) is 3.68. The van der Waals surface area contributed by atoms with Crippen LogP contribution in [0, 0.1) is 5.92 Å². The average molecular weight is 298 g/mol. The lowest BCUT2D eigenvalue weighted by Crippen LogP contribution is -2.39. The van der Waals surface area contributed by atoms with E-state index in [-0.39, 0.29) is 0 Å². The third kappa shape index (κ3) is 3.44. The Bertz CT molecular complexity index is 451. The Hall–Kier alpha value is -0.810. The maximum atomic E-state index is 12.7. The summed E-state index contributed by atoms with van der Waals surface area (Å²) in [7, 11) is 0. The molecule has 5 heteroatoms. The highest BCUT2D eigenvalue weighted by Crippen LogP contribution is 2.37. The molecule has 1 aliphatic carbocycles. The van der Waals surface area contributed by atoms with Crippen LogP contribution in [0.3, 0.4) is 0 Å². The average Bonchev–Trinajstić information content (AvgIpc) is 3.25. The highest BCUT2D eigenvalue weighted by Gasteiger charge is 2.33. The van der Waals surface area contributed by atoms with Gasteiger partial charge in [0.1, 0.15) is 0 Å².